The van der Waals surface area contributed by atoms with Crippen molar-refractivity contribution in [2.45, 2.75) is 38.7 Å². The van der Waals surface area contributed by atoms with Gasteiger partial charge in [-0.15, -0.1) is 0 Å². The second-order valence-corrected chi connectivity index (χ2v) is 6.14. The number of hydrogen-bond donors (Lipinski definition) is 0. The van der Waals surface area contributed by atoms with Crippen LogP contribution in [-0.4, -0.2) is 24.6 Å². The van der Waals surface area contributed by atoms with Crippen molar-refractivity contribution in [3.8, 4) is 5.75 Å². The van der Waals surface area contributed by atoms with Crippen LogP contribution in [0.5, 0.6) is 5.75 Å². The van der Waals surface area contributed by atoms with Crippen LogP contribution in [0.25, 0.3) is 0 Å². The maximum Gasteiger partial charge on any atom is 0.168 e. The van der Waals surface area contributed by atoms with Gasteiger partial charge in [0.05, 0.1) is 6.61 Å². The summed E-state index contributed by atoms with van der Waals surface area (Å²) in [6.07, 6.45) is 2.79. The monoisotopic (exact) mass is 260 g/mol. The fraction of sp³-hybridized carbons (Fsp3) is 0.562. The predicted octanol–water partition coefficient (Wildman–Crippen LogP) is 3.01. The van der Waals surface area contributed by atoms with Crippen LogP contribution in [0.3, 0.4) is 0 Å². The first kappa shape index (κ1) is 12.7. The Morgan fingerprint density at radius 1 is 1.37 bits per heavy atom. The van der Waals surface area contributed by atoms with Crippen LogP contribution in [0.4, 0.5) is 0 Å². The Bertz CT molecular complexity index is 499. The second kappa shape index (κ2) is 4.64. The summed E-state index contributed by atoms with van der Waals surface area (Å²) in [6, 6.07) is 5.82. The van der Waals surface area contributed by atoms with Crippen molar-refractivity contribution in [2.75, 3.05) is 13.2 Å². The number of Topliss-reactive ketones (excluding diaryl/α,β-unsaturated/α-hetero) is 1. The number of carbonyl (C=O) groups excluding carboxylic acids is 1. The summed E-state index contributed by atoms with van der Waals surface area (Å²) in [4.78, 5) is 12.4. The van der Waals surface area contributed by atoms with Gasteiger partial charge in [0.25, 0.3) is 0 Å². The molecule has 2 heterocycles. The van der Waals surface area contributed by atoms with Crippen molar-refractivity contribution in [1.82, 2.24) is 0 Å². The maximum atomic E-state index is 12.4. The largest absolute Gasteiger partial charge is 0.487 e. The van der Waals surface area contributed by atoms with E-state index in [1.807, 2.05) is 18.2 Å². The highest BCUT2D eigenvalue weighted by atomic mass is 16.5. The third-order valence-corrected chi connectivity index (χ3v) is 3.88. The average molecular weight is 260 g/mol. The normalized spacial score (nSPS) is 24.6. The van der Waals surface area contributed by atoms with Crippen LogP contribution in [0.1, 0.15) is 42.6 Å². The summed E-state index contributed by atoms with van der Waals surface area (Å²) in [6.45, 7) is 5.50. The first-order valence-corrected chi connectivity index (χ1v) is 6.99. The lowest BCUT2D eigenvalue weighted by Gasteiger charge is -2.21. The predicted molar refractivity (Wildman–Crippen MR) is 72.7 cm³/mol. The standard InChI is InChI=1S/C16H20O3/c1-16(2)9-13-8-11(5-6-14(13)19-16)15(17)12-4-3-7-18-10-12/h5-6,8,12H,3-4,7,9-10H2,1-2H3. The molecule has 0 bridgehead atoms. The van der Waals surface area contributed by atoms with Crippen molar-refractivity contribution in [2.24, 2.45) is 5.92 Å². The van der Waals surface area contributed by atoms with E-state index >= 15 is 0 Å². The molecule has 0 aromatic heterocycles. The van der Waals surface area contributed by atoms with Gasteiger partial charge in [-0.3, -0.25) is 4.79 Å². The molecule has 0 N–H and O–H groups in total. The van der Waals surface area contributed by atoms with Crippen LogP contribution < -0.4 is 4.74 Å². The van der Waals surface area contributed by atoms with Gasteiger partial charge in [-0.25, -0.2) is 0 Å². The molecule has 1 fully saturated rings. The lowest BCUT2D eigenvalue weighted by molar-refractivity contribution is 0.0461. The lowest BCUT2D eigenvalue weighted by atomic mass is 9.91. The van der Waals surface area contributed by atoms with E-state index in [0.717, 1.165) is 42.7 Å². The average Bonchev–Trinajstić information content (AvgIpc) is 2.71. The van der Waals surface area contributed by atoms with Crippen LogP contribution in [0.15, 0.2) is 18.2 Å². The van der Waals surface area contributed by atoms with E-state index < -0.39 is 0 Å². The Labute approximate surface area is 113 Å². The van der Waals surface area contributed by atoms with Gasteiger partial charge in [-0.2, -0.15) is 0 Å². The Kier molecular flexibility index (Phi) is 3.09. The topological polar surface area (TPSA) is 35.5 Å². The molecule has 2 aliphatic rings. The number of rotatable bonds is 2. The Morgan fingerprint density at radius 2 is 2.21 bits per heavy atom. The summed E-state index contributed by atoms with van der Waals surface area (Å²) in [5.74, 6) is 1.16. The molecule has 0 aliphatic carbocycles. The minimum atomic E-state index is -0.155. The molecule has 1 saturated heterocycles. The zero-order valence-electron chi connectivity index (χ0n) is 11.6. The van der Waals surface area contributed by atoms with Crippen molar-refractivity contribution in [3.05, 3.63) is 29.3 Å². The summed E-state index contributed by atoms with van der Waals surface area (Å²) in [7, 11) is 0. The SMILES string of the molecule is CC1(C)Cc2cc(C(=O)C3CCCOC3)ccc2O1. The molecule has 0 radical (unpaired) electrons. The Morgan fingerprint density at radius 3 is 2.95 bits per heavy atom. The van der Waals surface area contributed by atoms with Gasteiger partial charge >= 0.3 is 0 Å². The fourth-order valence-electron chi connectivity index (χ4n) is 2.95. The number of hydrogen-bond acceptors (Lipinski definition) is 3. The molecule has 1 atom stereocenters. The van der Waals surface area contributed by atoms with Crippen molar-refractivity contribution < 1.29 is 14.3 Å². The van der Waals surface area contributed by atoms with Crippen LogP contribution >= 0.6 is 0 Å². The van der Waals surface area contributed by atoms with Crippen molar-refractivity contribution >= 4 is 5.78 Å². The Hall–Kier alpha value is -1.35. The van der Waals surface area contributed by atoms with Crippen LogP contribution in [-0.2, 0) is 11.2 Å². The van der Waals surface area contributed by atoms with E-state index in [1.54, 1.807) is 0 Å². The van der Waals surface area contributed by atoms with Crippen LogP contribution in [0, 0.1) is 5.92 Å². The molecular formula is C16H20O3. The van der Waals surface area contributed by atoms with E-state index in [0.29, 0.717) is 6.61 Å². The molecule has 19 heavy (non-hydrogen) atoms. The molecule has 1 unspecified atom stereocenters. The van der Waals surface area contributed by atoms with E-state index in [2.05, 4.69) is 13.8 Å². The highest BCUT2D eigenvalue weighted by Crippen LogP contribution is 2.35. The van der Waals surface area contributed by atoms with Gasteiger partial charge in [0.15, 0.2) is 5.78 Å². The van der Waals surface area contributed by atoms with Crippen molar-refractivity contribution in [3.63, 3.8) is 0 Å². The van der Waals surface area contributed by atoms with Gasteiger partial charge in [-0.1, -0.05) is 0 Å². The van der Waals surface area contributed by atoms with E-state index in [4.69, 9.17) is 9.47 Å². The van der Waals surface area contributed by atoms with Gasteiger partial charge < -0.3 is 9.47 Å². The minimum absolute atomic E-state index is 0.0298. The molecule has 3 heteroatoms. The second-order valence-electron chi connectivity index (χ2n) is 6.14. The summed E-state index contributed by atoms with van der Waals surface area (Å²) < 4.78 is 11.2. The quantitative estimate of drug-likeness (QED) is 0.767. The molecule has 0 saturated carbocycles. The zero-order chi connectivity index (χ0) is 13.5. The van der Waals surface area contributed by atoms with Gasteiger partial charge in [0.1, 0.15) is 11.4 Å². The molecule has 1 aromatic rings. The molecule has 0 amide bonds. The number of ether oxygens (including phenoxy) is 2. The zero-order valence-corrected chi connectivity index (χ0v) is 11.6. The fourth-order valence-corrected chi connectivity index (χ4v) is 2.95. The molecule has 3 rings (SSSR count). The lowest BCUT2D eigenvalue weighted by Crippen LogP contribution is -2.25. The van der Waals surface area contributed by atoms with Crippen LogP contribution in [0.2, 0.25) is 0 Å². The third kappa shape index (κ3) is 2.52. The molecule has 1 aromatic carbocycles. The van der Waals surface area contributed by atoms with E-state index in [1.165, 1.54) is 0 Å². The molecule has 102 valence electrons. The summed E-state index contributed by atoms with van der Waals surface area (Å²) in [5.41, 5.74) is 1.79. The number of fused-ring (bicyclic) bond motifs is 1. The number of benzene rings is 1. The Balaban J connectivity index is 1.81. The smallest absolute Gasteiger partial charge is 0.168 e. The molecule has 3 nitrogen and oxygen atoms in total. The summed E-state index contributed by atoms with van der Waals surface area (Å²) in [5, 5.41) is 0. The van der Waals surface area contributed by atoms with Gasteiger partial charge in [0, 0.05) is 24.5 Å². The van der Waals surface area contributed by atoms with E-state index in [9.17, 15) is 4.79 Å². The minimum Gasteiger partial charge on any atom is -0.487 e. The van der Waals surface area contributed by atoms with Gasteiger partial charge in [-0.05, 0) is 50.5 Å². The summed E-state index contributed by atoms with van der Waals surface area (Å²) >= 11 is 0. The first-order chi connectivity index (χ1) is 9.05. The first-order valence-electron chi connectivity index (χ1n) is 6.99. The maximum absolute atomic E-state index is 12.4. The number of carbonyl (C=O) groups is 1. The molecule has 0 spiro atoms. The molecular weight excluding hydrogens is 240 g/mol. The number of ketones is 1. The highest BCUT2D eigenvalue weighted by molar-refractivity contribution is 5.98. The third-order valence-electron chi connectivity index (χ3n) is 3.88. The van der Waals surface area contributed by atoms with E-state index in [-0.39, 0.29) is 17.3 Å². The van der Waals surface area contributed by atoms with Crippen molar-refractivity contribution in [1.29, 1.82) is 0 Å². The molecule has 2 aliphatic heterocycles. The highest BCUT2D eigenvalue weighted by Gasteiger charge is 2.31. The van der Waals surface area contributed by atoms with Gasteiger partial charge in [0.2, 0.25) is 0 Å².